The lowest BCUT2D eigenvalue weighted by Gasteiger charge is -2.22. The third kappa shape index (κ3) is 5.20. The van der Waals surface area contributed by atoms with Crippen molar-refractivity contribution in [3.8, 4) is 11.5 Å². The Morgan fingerprint density at radius 1 is 0.767 bits per heavy atom. The van der Waals surface area contributed by atoms with Gasteiger partial charge in [-0.2, -0.15) is 0 Å². The van der Waals surface area contributed by atoms with E-state index in [1.807, 2.05) is 99.6 Å². The van der Waals surface area contributed by atoms with Crippen LogP contribution in [0.1, 0.15) is 49.4 Å². The Morgan fingerprint density at radius 3 is 1.83 bits per heavy atom. The van der Waals surface area contributed by atoms with Gasteiger partial charge in [0.15, 0.2) is 11.5 Å². The Hall–Kier alpha value is -3.27. The fourth-order valence-corrected chi connectivity index (χ4v) is 3.50. The summed E-state index contributed by atoms with van der Waals surface area (Å²) in [6, 6.07) is 25.4. The van der Waals surface area contributed by atoms with Crippen LogP contribution in [0.15, 0.2) is 78.9 Å². The minimum atomic E-state index is -0.371. The molecule has 1 amide bonds. The molecule has 3 aromatic rings. The van der Waals surface area contributed by atoms with Crippen LogP contribution in [-0.4, -0.2) is 19.1 Å². The van der Waals surface area contributed by atoms with E-state index < -0.39 is 0 Å². The van der Waals surface area contributed by atoms with Gasteiger partial charge in [-0.05, 0) is 49.6 Å². The molecule has 4 heteroatoms. The third-order valence-corrected chi connectivity index (χ3v) is 4.95. The van der Waals surface area contributed by atoms with Crippen LogP contribution in [0.4, 0.5) is 0 Å². The van der Waals surface area contributed by atoms with E-state index in [4.69, 9.17) is 9.47 Å². The van der Waals surface area contributed by atoms with Gasteiger partial charge in [0.25, 0.3) is 0 Å². The molecular formula is C26H29NO3. The van der Waals surface area contributed by atoms with Gasteiger partial charge in [-0.15, -0.1) is 0 Å². The maximum Gasteiger partial charge on any atom is 0.232 e. The summed E-state index contributed by atoms with van der Waals surface area (Å²) in [7, 11) is 0. The Balaban J connectivity index is 1.84. The molecule has 0 fully saturated rings. The molecule has 0 unspecified atom stereocenters. The highest BCUT2D eigenvalue weighted by molar-refractivity contribution is 5.87. The molecule has 1 atom stereocenters. The molecule has 3 rings (SSSR count). The summed E-state index contributed by atoms with van der Waals surface area (Å²) in [6.45, 7) is 6.99. The van der Waals surface area contributed by atoms with Gasteiger partial charge in [0.1, 0.15) is 0 Å². The second-order valence-electron chi connectivity index (χ2n) is 7.06. The van der Waals surface area contributed by atoms with E-state index in [9.17, 15) is 4.79 Å². The predicted octanol–water partition coefficient (Wildman–Crippen LogP) is 5.49. The van der Waals surface area contributed by atoms with Crippen LogP contribution in [0.25, 0.3) is 0 Å². The van der Waals surface area contributed by atoms with E-state index in [1.54, 1.807) is 0 Å². The van der Waals surface area contributed by atoms with Crippen LogP contribution in [-0.2, 0) is 4.79 Å². The topological polar surface area (TPSA) is 47.6 Å². The van der Waals surface area contributed by atoms with Crippen molar-refractivity contribution < 1.29 is 14.3 Å². The van der Waals surface area contributed by atoms with Crippen LogP contribution in [0.2, 0.25) is 0 Å². The van der Waals surface area contributed by atoms with Crippen molar-refractivity contribution in [2.24, 2.45) is 0 Å². The number of carbonyl (C=O) groups is 1. The molecule has 4 nitrogen and oxygen atoms in total. The summed E-state index contributed by atoms with van der Waals surface area (Å²) in [5, 5.41) is 3.18. The Kier molecular flexibility index (Phi) is 7.50. The summed E-state index contributed by atoms with van der Waals surface area (Å²) in [6.07, 6.45) is 0. The number of rotatable bonds is 9. The van der Waals surface area contributed by atoms with Crippen LogP contribution in [0.3, 0.4) is 0 Å². The molecule has 0 aliphatic rings. The fraction of sp³-hybridized carbons (Fsp3) is 0.269. The van der Waals surface area contributed by atoms with E-state index in [0.717, 1.165) is 16.7 Å². The van der Waals surface area contributed by atoms with Gasteiger partial charge in [-0.25, -0.2) is 0 Å². The van der Waals surface area contributed by atoms with Gasteiger partial charge in [-0.3, -0.25) is 4.79 Å². The van der Waals surface area contributed by atoms with Crippen LogP contribution in [0, 0.1) is 0 Å². The molecule has 0 radical (unpaired) electrons. The molecule has 156 valence electrons. The van der Waals surface area contributed by atoms with Gasteiger partial charge in [0.05, 0.1) is 25.2 Å². The number of ether oxygens (including phenoxy) is 2. The highest BCUT2D eigenvalue weighted by Gasteiger charge is 2.24. The lowest BCUT2D eigenvalue weighted by Crippen LogP contribution is -2.32. The van der Waals surface area contributed by atoms with Crippen molar-refractivity contribution >= 4 is 5.91 Å². The third-order valence-electron chi connectivity index (χ3n) is 4.95. The molecule has 0 bridgehead atoms. The molecule has 0 saturated carbocycles. The van der Waals surface area contributed by atoms with Crippen molar-refractivity contribution in [2.75, 3.05) is 13.2 Å². The van der Waals surface area contributed by atoms with E-state index in [-0.39, 0.29) is 17.9 Å². The van der Waals surface area contributed by atoms with Crippen LogP contribution in [0.5, 0.6) is 11.5 Å². The smallest absolute Gasteiger partial charge is 0.232 e. The molecule has 0 aromatic heterocycles. The first kappa shape index (κ1) is 21.4. The Labute approximate surface area is 178 Å². The van der Waals surface area contributed by atoms with Crippen molar-refractivity contribution in [2.45, 2.75) is 32.7 Å². The molecule has 0 aliphatic heterocycles. The number of hydrogen-bond donors (Lipinski definition) is 1. The lowest BCUT2D eigenvalue weighted by molar-refractivity contribution is -0.122. The van der Waals surface area contributed by atoms with Crippen molar-refractivity contribution in [3.05, 3.63) is 95.6 Å². The molecule has 0 aliphatic carbocycles. The molecule has 0 heterocycles. The van der Waals surface area contributed by atoms with Gasteiger partial charge in [-0.1, -0.05) is 66.7 Å². The highest BCUT2D eigenvalue weighted by Crippen LogP contribution is 2.31. The number of carbonyl (C=O) groups excluding carboxylic acids is 1. The highest BCUT2D eigenvalue weighted by atomic mass is 16.5. The SMILES string of the molecule is CCOc1ccc([C@H](C)NC(=O)C(c2ccccc2)c2ccccc2)cc1OCC. The van der Waals surface area contributed by atoms with E-state index in [2.05, 4.69) is 5.32 Å². The van der Waals surface area contributed by atoms with Crippen LogP contribution >= 0.6 is 0 Å². The number of benzene rings is 3. The Bertz CT molecular complexity index is 902. The lowest BCUT2D eigenvalue weighted by atomic mass is 9.90. The average Bonchev–Trinajstić information content (AvgIpc) is 2.77. The van der Waals surface area contributed by atoms with E-state index >= 15 is 0 Å². The maximum absolute atomic E-state index is 13.3. The first-order chi connectivity index (χ1) is 14.6. The summed E-state index contributed by atoms with van der Waals surface area (Å²) in [5.74, 6) is 1.00. The fourth-order valence-electron chi connectivity index (χ4n) is 3.50. The second-order valence-corrected chi connectivity index (χ2v) is 7.06. The molecule has 30 heavy (non-hydrogen) atoms. The minimum Gasteiger partial charge on any atom is -0.490 e. The zero-order chi connectivity index (χ0) is 21.3. The summed E-state index contributed by atoms with van der Waals surface area (Å²) in [4.78, 5) is 13.3. The maximum atomic E-state index is 13.3. The van der Waals surface area contributed by atoms with Crippen molar-refractivity contribution in [1.82, 2.24) is 5.32 Å². The first-order valence-electron chi connectivity index (χ1n) is 10.4. The molecule has 3 aromatic carbocycles. The van der Waals surface area contributed by atoms with E-state index in [0.29, 0.717) is 24.7 Å². The molecule has 0 spiro atoms. The summed E-state index contributed by atoms with van der Waals surface area (Å²) < 4.78 is 11.4. The minimum absolute atomic E-state index is 0.0354. The first-order valence-corrected chi connectivity index (χ1v) is 10.4. The number of nitrogens with one attached hydrogen (secondary N) is 1. The normalized spacial score (nSPS) is 11.7. The van der Waals surface area contributed by atoms with Crippen molar-refractivity contribution in [3.63, 3.8) is 0 Å². The predicted molar refractivity (Wildman–Crippen MR) is 120 cm³/mol. The van der Waals surface area contributed by atoms with Gasteiger partial charge >= 0.3 is 0 Å². The zero-order valence-corrected chi connectivity index (χ0v) is 17.8. The molecule has 0 saturated heterocycles. The molecular weight excluding hydrogens is 374 g/mol. The van der Waals surface area contributed by atoms with Gasteiger partial charge in [0.2, 0.25) is 5.91 Å². The quantitative estimate of drug-likeness (QED) is 0.514. The largest absolute Gasteiger partial charge is 0.490 e. The van der Waals surface area contributed by atoms with Gasteiger partial charge in [0, 0.05) is 0 Å². The van der Waals surface area contributed by atoms with E-state index in [1.165, 1.54) is 0 Å². The summed E-state index contributed by atoms with van der Waals surface area (Å²) in [5.41, 5.74) is 2.90. The van der Waals surface area contributed by atoms with Crippen LogP contribution < -0.4 is 14.8 Å². The van der Waals surface area contributed by atoms with Crippen molar-refractivity contribution in [1.29, 1.82) is 0 Å². The monoisotopic (exact) mass is 403 g/mol. The average molecular weight is 404 g/mol. The zero-order valence-electron chi connectivity index (χ0n) is 17.8. The number of amides is 1. The van der Waals surface area contributed by atoms with Gasteiger partial charge < -0.3 is 14.8 Å². The molecule has 1 N–H and O–H groups in total. The summed E-state index contributed by atoms with van der Waals surface area (Å²) >= 11 is 0. The standard InChI is InChI=1S/C26H29NO3/c1-4-29-23-17-16-22(18-24(23)30-5-2)19(3)27-26(28)25(20-12-8-6-9-13-20)21-14-10-7-11-15-21/h6-19,25H,4-5H2,1-3H3,(H,27,28)/t19-/m0/s1. The second kappa shape index (κ2) is 10.5. The number of hydrogen-bond acceptors (Lipinski definition) is 3. The Morgan fingerprint density at radius 2 is 1.30 bits per heavy atom.